The summed E-state index contributed by atoms with van der Waals surface area (Å²) in [4.78, 5) is 22.5. The van der Waals surface area contributed by atoms with Crippen molar-refractivity contribution in [3.05, 3.63) is 65.6 Å². The second-order valence-electron chi connectivity index (χ2n) is 8.14. The standard InChI is InChI=1S/C23H25N3O3/c1-16-5-4-6-17(25-16)13-28-18-9-10-29-23(11-18)14-26(15-23)22(27)20-12-24-21-8-3-2-7-19(20)21/h2-8,12,18,24H,9-11,13-15H2,1H3/t18-/m1/s1. The van der Waals surface area contributed by atoms with Crippen molar-refractivity contribution in [1.82, 2.24) is 14.9 Å². The van der Waals surface area contributed by atoms with E-state index in [9.17, 15) is 4.79 Å². The lowest BCUT2D eigenvalue weighted by Crippen LogP contribution is -2.67. The normalized spacial score (nSPS) is 20.7. The van der Waals surface area contributed by atoms with Gasteiger partial charge >= 0.3 is 0 Å². The lowest BCUT2D eigenvalue weighted by molar-refractivity contribution is -0.188. The van der Waals surface area contributed by atoms with Crippen LogP contribution in [0.1, 0.15) is 34.6 Å². The van der Waals surface area contributed by atoms with E-state index in [0.29, 0.717) is 26.3 Å². The minimum atomic E-state index is -0.273. The van der Waals surface area contributed by atoms with E-state index in [2.05, 4.69) is 9.97 Å². The highest BCUT2D eigenvalue weighted by Gasteiger charge is 2.49. The fourth-order valence-corrected chi connectivity index (χ4v) is 4.44. The number of pyridine rings is 1. The van der Waals surface area contributed by atoms with Crippen LogP contribution in [0.2, 0.25) is 0 Å². The molecule has 0 radical (unpaired) electrons. The second-order valence-corrected chi connectivity index (χ2v) is 8.14. The average molecular weight is 391 g/mol. The number of nitrogens with zero attached hydrogens (tertiary/aromatic N) is 2. The number of ether oxygens (including phenoxy) is 2. The highest BCUT2D eigenvalue weighted by atomic mass is 16.5. The van der Waals surface area contributed by atoms with Crippen LogP contribution >= 0.6 is 0 Å². The molecule has 29 heavy (non-hydrogen) atoms. The zero-order chi connectivity index (χ0) is 19.8. The molecule has 1 atom stereocenters. The van der Waals surface area contributed by atoms with Crippen LogP contribution in [-0.2, 0) is 16.1 Å². The van der Waals surface area contributed by atoms with Gasteiger partial charge in [-0.05, 0) is 31.5 Å². The molecule has 1 amide bonds. The number of aromatic amines is 1. The Balaban J connectivity index is 1.20. The van der Waals surface area contributed by atoms with Crippen molar-refractivity contribution in [2.24, 2.45) is 0 Å². The smallest absolute Gasteiger partial charge is 0.256 e. The van der Waals surface area contributed by atoms with Crippen molar-refractivity contribution in [2.75, 3.05) is 19.7 Å². The van der Waals surface area contributed by atoms with E-state index in [1.807, 2.05) is 54.3 Å². The summed E-state index contributed by atoms with van der Waals surface area (Å²) in [5, 5.41) is 0.967. The monoisotopic (exact) mass is 391 g/mol. The van der Waals surface area contributed by atoms with E-state index in [1.165, 1.54) is 0 Å². The van der Waals surface area contributed by atoms with Crippen LogP contribution in [0.5, 0.6) is 0 Å². The number of benzene rings is 1. The average Bonchev–Trinajstić information content (AvgIpc) is 3.14. The van der Waals surface area contributed by atoms with Gasteiger partial charge in [0.2, 0.25) is 0 Å². The van der Waals surface area contributed by atoms with Crippen molar-refractivity contribution >= 4 is 16.8 Å². The van der Waals surface area contributed by atoms with Gasteiger partial charge in [0.1, 0.15) is 5.60 Å². The Morgan fingerprint density at radius 3 is 3.00 bits per heavy atom. The third-order valence-corrected chi connectivity index (χ3v) is 5.93. The number of carbonyl (C=O) groups is 1. The highest BCUT2D eigenvalue weighted by Crippen LogP contribution is 2.37. The Morgan fingerprint density at radius 2 is 2.14 bits per heavy atom. The number of amides is 1. The maximum absolute atomic E-state index is 13.0. The second kappa shape index (κ2) is 7.28. The molecule has 3 aromatic rings. The van der Waals surface area contributed by atoms with E-state index in [4.69, 9.17) is 9.47 Å². The fraction of sp³-hybridized carbons (Fsp3) is 0.391. The van der Waals surface area contributed by atoms with Crippen LogP contribution in [0, 0.1) is 6.92 Å². The van der Waals surface area contributed by atoms with Crippen LogP contribution in [0.4, 0.5) is 0 Å². The molecule has 0 aliphatic carbocycles. The molecule has 1 N–H and O–H groups in total. The maximum atomic E-state index is 13.0. The number of aryl methyl sites for hydroxylation is 1. The Labute approximate surface area is 169 Å². The maximum Gasteiger partial charge on any atom is 0.256 e. The number of fused-ring (bicyclic) bond motifs is 1. The van der Waals surface area contributed by atoms with Gasteiger partial charge in [0.25, 0.3) is 5.91 Å². The molecular weight excluding hydrogens is 366 g/mol. The predicted octanol–water partition coefficient (Wildman–Crippen LogP) is 3.46. The summed E-state index contributed by atoms with van der Waals surface area (Å²) in [6.07, 6.45) is 3.64. The molecule has 5 rings (SSSR count). The molecule has 2 aliphatic rings. The largest absolute Gasteiger partial charge is 0.372 e. The molecule has 1 spiro atoms. The molecule has 2 saturated heterocycles. The highest BCUT2D eigenvalue weighted by molar-refractivity contribution is 6.07. The number of rotatable bonds is 4. The van der Waals surface area contributed by atoms with Crippen LogP contribution in [-0.4, -0.2) is 52.2 Å². The van der Waals surface area contributed by atoms with Gasteiger partial charge in [0.15, 0.2) is 0 Å². The number of aromatic nitrogens is 2. The molecule has 6 heteroatoms. The number of nitrogens with one attached hydrogen (secondary N) is 1. The summed E-state index contributed by atoms with van der Waals surface area (Å²) in [6, 6.07) is 13.9. The van der Waals surface area contributed by atoms with E-state index >= 15 is 0 Å². The van der Waals surface area contributed by atoms with Crippen molar-refractivity contribution in [3.8, 4) is 0 Å². The van der Waals surface area contributed by atoms with E-state index in [-0.39, 0.29) is 17.6 Å². The lowest BCUT2D eigenvalue weighted by atomic mass is 9.84. The summed E-state index contributed by atoms with van der Waals surface area (Å²) in [7, 11) is 0. The van der Waals surface area contributed by atoms with E-state index in [1.54, 1.807) is 6.20 Å². The van der Waals surface area contributed by atoms with Crippen molar-refractivity contribution in [3.63, 3.8) is 0 Å². The Bertz CT molecular complexity index is 1040. The van der Waals surface area contributed by atoms with Crippen LogP contribution < -0.4 is 0 Å². The molecule has 0 bridgehead atoms. The number of hydrogen-bond acceptors (Lipinski definition) is 4. The first-order valence-electron chi connectivity index (χ1n) is 10.2. The summed E-state index contributed by atoms with van der Waals surface area (Å²) in [5.74, 6) is 0.0590. The predicted molar refractivity (Wildman–Crippen MR) is 110 cm³/mol. The third kappa shape index (κ3) is 3.54. The van der Waals surface area contributed by atoms with E-state index in [0.717, 1.165) is 40.7 Å². The number of H-pyrrole nitrogens is 1. The SMILES string of the molecule is Cc1cccc(CO[C@@H]2CCOC3(C2)CN(C(=O)c2c[nH]c4ccccc24)C3)n1. The quantitative estimate of drug-likeness (QED) is 0.740. The molecule has 0 saturated carbocycles. The van der Waals surface area contributed by atoms with Gasteiger partial charge in [-0.15, -0.1) is 0 Å². The first-order chi connectivity index (χ1) is 14.1. The first-order valence-corrected chi connectivity index (χ1v) is 10.2. The summed E-state index contributed by atoms with van der Waals surface area (Å²) >= 11 is 0. The number of para-hydroxylation sites is 1. The Morgan fingerprint density at radius 1 is 1.28 bits per heavy atom. The van der Waals surface area contributed by atoms with Gasteiger partial charge in [-0.1, -0.05) is 24.3 Å². The van der Waals surface area contributed by atoms with Gasteiger partial charge in [-0.25, -0.2) is 0 Å². The first kappa shape index (κ1) is 18.3. The zero-order valence-electron chi connectivity index (χ0n) is 16.6. The Kier molecular flexibility index (Phi) is 4.60. The van der Waals surface area contributed by atoms with Gasteiger partial charge in [0.05, 0.1) is 37.1 Å². The van der Waals surface area contributed by atoms with Crippen LogP contribution in [0.3, 0.4) is 0 Å². The zero-order valence-corrected chi connectivity index (χ0v) is 16.6. The third-order valence-electron chi connectivity index (χ3n) is 5.93. The minimum absolute atomic E-state index is 0.0590. The van der Waals surface area contributed by atoms with Gasteiger partial charge in [0, 0.05) is 35.8 Å². The Hall–Kier alpha value is -2.70. The number of hydrogen-bond donors (Lipinski definition) is 1. The van der Waals surface area contributed by atoms with Crippen molar-refractivity contribution in [2.45, 2.75) is 38.1 Å². The van der Waals surface area contributed by atoms with Crippen molar-refractivity contribution < 1.29 is 14.3 Å². The molecule has 1 aromatic carbocycles. The molecule has 2 aliphatic heterocycles. The minimum Gasteiger partial charge on any atom is -0.372 e. The lowest BCUT2D eigenvalue weighted by Gasteiger charge is -2.53. The molecule has 6 nitrogen and oxygen atoms in total. The topological polar surface area (TPSA) is 67.5 Å². The van der Waals surface area contributed by atoms with Gasteiger partial charge in [-0.2, -0.15) is 0 Å². The summed E-state index contributed by atoms with van der Waals surface area (Å²) in [5.41, 5.74) is 3.39. The van der Waals surface area contributed by atoms with E-state index < -0.39 is 0 Å². The number of carbonyl (C=O) groups excluding carboxylic acids is 1. The molecule has 2 aromatic heterocycles. The van der Waals surface area contributed by atoms with Gasteiger partial charge in [-0.3, -0.25) is 9.78 Å². The molecule has 4 heterocycles. The summed E-state index contributed by atoms with van der Waals surface area (Å²) < 4.78 is 12.2. The molecule has 0 unspecified atom stereocenters. The fourth-order valence-electron chi connectivity index (χ4n) is 4.44. The number of likely N-dealkylation sites (tertiary alicyclic amines) is 1. The summed E-state index contributed by atoms with van der Waals surface area (Å²) in [6.45, 7) is 4.41. The molecular formula is C23H25N3O3. The van der Waals surface area contributed by atoms with Crippen LogP contribution in [0.25, 0.3) is 10.9 Å². The van der Waals surface area contributed by atoms with Crippen molar-refractivity contribution in [1.29, 1.82) is 0 Å². The van der Waals surface area contributed by atoms with Gasteiger partial charge < -0.3 is 19.4 Å². The molecule has 2 fully saturated rings. The van der Waals surface area contributed by atoms with Crippen LogP contribution in [0.15, 0.2) is 48.7 Å². The molecule has 150 valence electrons.